The van der Waals surface area contributed by atoms with Crippen LogP contribution >= 0.6 is 0 Å². The van der Waals surface area contributed by atoms with E-state index in [0.29, 0.717) is 19.1 Å². The van der Waals surface area contributed by atoms with E-state index < -0.39 is 0 Å². The highest BCUT2D eigenvalue weighted by molar-refractivity contribution is 5.32. The van der Waals surface area contributed by atoms with Crippen molar-refractivity contribution in [2.45, 2.75) is 45.7 Å². The Morgan fingerprint density at radius 2 is 2.00 bits per heavy atom. The number of benzene rings is 1. The quantitative estimate of drug-likeness (QED) is 0.678. The predicted molar refractivity (Wildman–Crippen MR) is 117 cm³/mol. The van der Waals surface area contributed by atoms with E-state index in [-0.39, 0.29) is 0 Å². The number of hydrogen-bond acceptors (Lipinski definition) is 4. The van der Waals surface area contributed by atoms with Crippen LogP contribution in [0, 0.1) is 6.92 Å². The Balaban J connectivity index is 1.52. The average Bonchev–Trinajstić information content (AvgIpc) is 3.21. The fraction of sp³-hybridized carbons (Fsp3) is 0.375. The Morgan fingerprint density at radius 1 is 1.18 bits per heavy atom. The van der Waals surface area contributed by atoms with Gasteiger partial charge in [0.05, 0.1) is 18.4 Å². The summed E-state index contributed by atoms with van der Waals surface area (Å²) in [4.78, 5) is 6.78. The van der Waals surface area contributed by atoms with Crippen LogP contribution in [0.15, 0.2) is 67.3 Å². The molecule has 4 nitrogen and oxygen atoms in total. The molecular weight excluding hydrogens is 344 g/mol. The molecule has 1 atom stereocenters. The minimum absolute atomic E-state index is 0.435. The molecule has 0 spiro atoms. The standard InChI is InChI=1S/C24H32N4/c1-5-22-9-6-7-10-23(22)24-11-8-14-28(24)19(3)15-26-20(4)27-17-21-13-12-18(2)25-16-21/h6-7,9-10,12-13,16,24,26-27H,3-5,8,11,14-15,17H2,1-2H3. The highest BCUT2D eigenvalue weighted by Gasteiger charge is 2.27. The van der Waals surface area contributed by atoms with E-state index in [0.717, 1.165) is 35.7 Å². The number of nitrogens with one attached hydrogen (secondary N) is 2. The summed E-state index contributed by atoms with van der Waals surface area (Å²) < 4.78 is 0. The topological polar surface area (TPSA) is 40.2 Å². The molecule has 0 radical (unpaired) electrons. The smallest absolute Gasteiger partial charge is 0.0918 e. The van der Waals surface area contributed by atoms with Gasteiger partial charge in [-0.2, -0.15) is 0 Å². The van der Waals surface area contributed by atoms with Gasteiger partial charge in [-0.25, -0.2) is 0 Å². The van der Waals surface area contributed by atoms with Crippen LogP contribution in [0.3, 0.4) is 0 Å². The van der Waals surface area contributed by atoms with E-state index in [1.54, 1.807) is 0 Å². The first-order valence-corrected chi connectivity index (χ1v) is 10.2. The Hall–Kier alpha value is -2.75. The van der Waals surface area contributed by atoms with Crippen molar-refractivity contribution < 1.29 is 0 Å². The minimum Gasteiger partial charge on any atom is -0.368 e. The van der Waals surface area contributed by atoms with Gasteiger partial charge >= 0.3 is 0 Å². The maximum absolute atomic E-state index is 4.35. The molecule has 1 unspecified atom stereocenters. The lowest BCUT2D eigenvalue weighted by Gasteiger charge is -2.30. The first-order valence-electron chi connectivity index (χ1n) is 10.2. The molecule has 28 heavy (non-hydrogen) atoms. The number of aryl methyl sites for hydroxylation is 2. The molecule has 1 aromatic carbocycles. The van der Waals surface area contributed by atoms with E-state index >= 15 is 0 Å². The van der Waals surface area contributed by atoms with Gasteiger partial charge in [-0.3, -0.25) is 4.98 Å². The van der Waals surface area contributed by atoms with Crippen LogP contribution in [0.25, 0.3) is 0 Å². The summed E-state index contributed by atoms with van der Waals surface area (Å²) in [5.41, 5.74) is 6.18. The fourth-order valence-corrected chi connectivity index (χ4v) is 3.83. The third-order valence-corrected chi connectivity index (χ3v) is 5.44. The lowest BCUT2D eigenvalue weighted by atomic mass is 9.97. The highest BCUT2D eigenvalue weighted by atomic mass is 15.2. The monoisotopic (exact) mass is 376 g/mol. The first kappa shape index (κ1) is 20.0. The molecule has 0 bridgehead atoms. The molecular formula is C24H32N4. The molecule has 148 valence electrons. The van der Waals surface area contributed by atoms with Crippen molar-refractivity contribution >= 4 is 0 Å². The molecule has 2 N–H and O–H groups in total. The molecule has 0 amide bonds. The minimum atomic E-state index is 0.435. The van der Waals surface area contributed by atoms with Crippen molar-refractivity contribution in [3.8, 4) is 0 Å². The van der Waals surface area contributed by atoms with Crippen molar-refractivity contribution in [2.75, 3.05) is 13.1 Å². The van der Waals surface area contributed by atoms with Crippen LogP contribution in [0.4, 0.5) is 0 Å². The first-order chi connectivity index (χ1) is 13.6. The lowest BCUT2D eigenvalue weighted by Crippen LogP contribution is -2.32. The molecule has 1 fully saturated rings. The molecule has 1 aromatic heterocycles. The number of nitrogens with zero attached hydrogens (tertiary/aromatic N) is 2. The molecule has 3 rings (SSSR count). The highest BCUT2D eigenvalue weighted by Crippen LogP contribution is 2.36. The summed E-state index contributed by atoms with van der Waals surface area (Å²) in [7, 11) is 0. The van der Waals surface area contributed by atoms with Gasteiger partial charge in [-0.05, 0) is 48.9 Å². The van der Waals surface area contributed by atoms with Gasteiger partial charge in [-0.1, -0.05) is 50.4 Å². The summed E-state index contributed by atoms with van der Waals surface area (Å²) in [6, 6.07) is 13.4. The van der Waals surface area contributed by atoms with Crippen molar-refractivity contribution in [3.05, 3.63) is 89.7 Å². The summed E-state index contributed by atoms with van der Waals surface area (Å²) in [5.74, 6) is 0.812. The van der Waals surface area contributed by atoms with Gasteiger partial charge in [0, 0.05) is 30.7 Å². The van der Waals surface area contributed by atoms with Crippen molar-refractivity contribution in [1.29, 1.82) is 0 Å². The third-order valence-electron chi connectivity index (χ3n) is 5.44. The SMILES string of the molecule is C=C(NCC(=C)N1CCCC1c1ccccc1CC)NCc1ccc(C)nc1. The van der Waals surface area contributed by atoms with E-state index in [2.05, 4.69) is 70.9 Å². The molecule has 2 aromatic rings. The van der Waals surface area contributed by atoms with Gasteiger partial charge in [0.25, 0.3) is 0 Å². The Bertz CT molecular complexity index is 810. The molecule has 0 saturated carbocycles. The summed E-state index contributed by atoms with van der Waals surface area (Å²) >= 11 is 0. The Labute approximate surface area is 169 Å². The maximum atomic E-state index is 4.35. The fourth-order valence-electron chi connectivity index (χ4n) is 3.83. The summed E-state index contributed by atoms with van der Waals surface area (Å²) in [5, 5.41) is 6.69. The third kappa shape index (κ3) is 4.94. The molecule has 2 heterocycles. The van der Waals surface area contributed by atoms with E-state index in [4.69, 9.17) is 0 Å². The number of rotatable bonds is 9. The normalized spacial score (nSPS) is 16.1. The van der Waals surface area contributed by atoms with E-state index in [1.165, 1.54) is 24.0 Å². The summed E-state index contributed by atoms with van der Waals surface area (Å²) in [6.07, 6.45) is 5.37. The summed E-state index contributed by atoms with van der Waals surface area (Å²) in [6.45, 7) is 15.1. The van der Waals surface area contributed by atoms with Crippen LogP contribution in [-0.2, 0) is 13.0 Å². The molecule has 0 aliphatic carbocycles. The maximum Gasteiger partial charge on any atom is 0.0918 e. The van der Waals surface area contributed by atoms with Crippen LogP contribution in [0.1, 0.15) is 48.2 Å². The van der Waals surface area contributed by atoms with Crippen LogP contribution in [-0.4, -0.2) is 23.0 Å². The second-order valence-corrected chi connectivity index (χ2v) is 7.46. The van der Waals surface area contributed by atoms with Gasteiger partial charge in [0.2, 0.25) is 0 Å². The van der Waals surface area contributed by atoms with Gasteiger partial charge in [-0.15, -0.1) is 0 Å². The van der Waals surface area contributed by atoms with Crippen molar-refractivity contribution in [1.82, 2.24) is 20.5 Å². The second kappa shape index (κ2) is 9.45. The Morgan fingerprint density at radius 3 is 2.75 bits per heavy atom. The van der Waals surface area contributed by atoms with Crippen LogP contribution in [0.2, 0.25) is 0 Å². The predicted octanol–water partition coefficient (Wildman–Crippen LogP) is 4.45. The second-order valence-electron chi connectivity index (χ2n) is 7.46. The van der Waals surface area contributed by atoms with Crippen LogP contribution < -0.4 is 10.6 Å². The van der Waals surface area contributed by atoms with Gasteiger partial charge in [0.15, 0.2) is 0 Å². The number of aromatic nitrogens is 1. The lowest BCUT2D eigenvalue weighted by molar-refractivity contribution is 0.318. The van der Waals surface area contributed by atoms with Gasteiger partial charge in [0.1, 0.15) is 0 Å². The van der Waals surface area contributed by atoms with Crippen molar-refractivity contribution in [3.63, 3.8) is 0 Å². The van der Waals surface area contributed by atoms with Crippen molar-refractivity contribution in [2.24, 2.45) is 0 Å². The number of pyridine rings is 1. The largest absolute Gasteiger partial charge is 0.368 e. The zero-order valence-corrected chi connectivity index (χ0v) is 17.2. The Kier molecular flexibility index (Phi) is 6.75. The van der Waals surface area contributed by atoms with Gasteiger partial charge < -0.3 is 15.5 Å². The number of hydrogen-bond donors (Lipinski definition) is 2. The van der Waals surface area contributed by atoms with Crippen LogP contribution in [0.5, 0.6) is 0 Å². The zero-order chi connectivity index (χ0) is 19.9. The molecule has 1 aliphatic heterocycles. The molecule has 1 aliphatic rings. The molecule has 1 saturated heterocycles. The zero-order valence-electron chi connectivity index (χ0n) is 17.2. The number of likely N-dealkylation sites (tertiary alicyclic amines) is 1. The average molecular weight is 377 g/mol. The van der Waals surface area contributed by atoms with E-state index in [1.807, 2.05) is 19.2 Å². The van der Waals surface area contributed by atoms with E-state index in [9.17, 15) is 0 Å². The molecule has 4 heteroatoms.